The molecule has 3 aromatic heterocycles. The van der Waals surface area contributed by atoms with Crippen LogP contribution in [-0.2, 0) is 28.8 Å². The van der Waals surface area contributed by atoms with Crippen molar-refractivity contribution in [2.45, 2.75) is 69.0 Å². The number of amides is 1. The summed E-state index contributed by atoms with van der Waals surface area (Å²) in [5, 5.41) is 14.3. The molecule has 4 bridgehead atoms. The largest absolute Gasteiger partial charge is 0.309 e. The summed E-state index contributed by atoms with van der Waals surface area (Å²) in [4.78, 5) is 34.9. The summed E-state index contributed by atoms with van der Waals surface area (Å²) in [5.41, 5.74) is 1.36. The third-order valence-electron chi connectivity index (χ3n) is 8.26. The first-order valence-electron chi connectivity index (χ1n) is 12.3. The number of fused-ring (bicyclic) bond motifs is 3. The van der Waals surface area contributed by atoms with Gasteiger partial charge in [0.1, 0.15) is 15.7 Å². The number of hydrogen-bond donors (Lipinski definition) is 2. The highest BCUT2D eigenvalue weighted by Gasteiger charge is 2.53. The second-order valence-corrected chi connectivity index (χ2v) is 13.7. The highest BCUT2D eigenvalue weighted by atomic mass is 32.2. The second-order valence-electron chi connectivity index (χ2n) is 10.7. The average Bonchev–Trinajstić information content (AvgIpc) is 3.49. The normalized spacial score (nSPS) is 29.1. The zero-order valence-electron chi connectivity index (χ0n) is 18.9. The summed E-state index contributed by atoms with van der Waals surface area (Å²) in [5.74, 6) is 3.91. The molecule has 0 unspecified atom stereocenters. The first kappa shape index (κ1) is 21.5. The smallest absolute Gasteiger partial charge is 0.259 e. The molecule has 8 rings (SSSR count). The predicted octanol–water partition coefficient (Wildman–Crippen LogP) is 4.66. The van der Waals surface area contributed by atoms with E-state index in [-0.39, 0.29) is 22.6 Å². The number of thioether (sulfide) groups is 1. The summed E-state index contributed by atoms with van der Waals surface area (Å²) in [6.07, 6.45) is 11.1. The van der Waals surface area contributed by atoms with Crippen molar-refractivity contribution in [3.05, 3.63) is 31.6 Å². The molecule has 34 heavy (non-hydrogen) atoms. The molecule has 1 amide bonds. The van der Waals surface area contributed by atoms with E-state index >= 15 is 0 Å². The molecular formula is C24H27N5O2S3. The van der Waals surface area contributed by atoms with Gasteiger partial charge in [-0.2, -0.15) is 0 Å². The van der Waals surface area contributed by atoms with E-state index in [9.17, 15) is 9.59 Å². The van der Waals surface area contributed by atoms with Crippen LogP contribution in [0.3, 0.4) is 0 Å². The fraction of sp³-hybridized carbons (Fsp3) is 0.625. The van der Waals surface area contributed by atoms with Crippen molar-refractivity contribution in [1.29, 1.82) is 0 Å². The molecule has 5 aliphatic rings. The number of nitrogens with zero attached hydrogens (tertiary/aromatic N) is 3. The van der Waals surface area contributed by atoms with Gasteiger partial charge in [-0.15, -0.1) is 33.3 Å². The Kier molecular flexibility index (Phi) is 5.14. The molecule has 0 radical (unpaired) electrons. The van der Waals surface area contributed by atoms with Crippen LogP contribution in [0, 0.1) is 17.8 Å². The summed E-state index contributed by atoms with van der Waals surface area (Å²) < 4.78 is 0. The van der Waals surface area contributed by atoms with Gasteiger partial charge in [-0.05, 0) is 81.1 Å². The van der Waals surface area contributed by atoms with Crippen molar-refractivity contribution in [2.75, 3.05) is 11.1 Å². The fourth-order valence-corrected chi connectivity index (χ4v) is 10.3. The van der Waals surface area contributed by atoms with E-state index in [1.165, 1.54) is 60.7 Å². The van der Waals surface area contributed by atoms with Crippen LogP contribution in [0.15, 0.2) is 4.79 Å². The molecule has 2 N–H and O–H groups in total. The van der Waals surface area contributed by atoms with Crippen molar-refractivity contribution >= 4 is 55.7 Å². The highest BCUT2D eigenvalue weighted by Crippen LogP contribution is 2.61. The van der Waals surface area contributed by atoms with Crippen molar-refractivity contribution in [3.63, 3.8) is 0 Å². The predicted molar refractivity (Wildman–Crippen MR) is 137 cm³/mol. The van der Waals surface area contributed by atoms with Crippen molar-refractivity contribution in [2.24, 2.45) is 17.8 Å². The maximum atomic E-state index is 12.6. The molecule has 0 atom stereocenters. The number of rotatable bonds is 6. The number of H-pyrrole nitrogens is 1. The highest BCUT2D eigenvalue weighted by molar-refractivity contribution is 7.99. The Morgan fingerprint density at radius 2 is 1.85 bits per heavy atom. The second kappa shape index (κ2) is 8.13. The number of hydrogen-bond acceptors (Lipinski definition) is 8. The van der Waals surface area contributed by atoms with E-state index in [2.05, 4.69) is 25.5 Å². The third-order valence-corrected chi connectivity index (χ3v) is 11.5. The molecule has 5 aliphatic carbocycles. The van der Waals surface area contributed by atoms with Gasteiger partial charge >= 0.3 is 0 Å². The first-order valence-corrected chi connectivity index (χ1v) is 15.1. The van der Waals surface area contributed by atoms with Gasteiger partial charge in [-0.25, -0.2) is 4.98 Å². The molecule has 178 valence electrons. The minimum absolute atomic E-state index is 0.0458. The number of aromatic nitrogens is 4. The SMILES string of the molecule is O=C(CSCc1nc2sc3c(c2c(=O)[nH]1)CCC3)Nc1nnc(C23CC4CC(CC(C4)C2)C3)s1. The van der Waals surface area contributed by atoms with Gasteiger partial charge in [0.15, 0.2) is 0 Å². The van der Waals surface area contributed by atoms with Gasteiger partial charge in [0.05, 0.1) is 16.9 Å². The quantitative estimate of drug-likeness (QED) is 0.497. The molecule has 0 aromatic carbocycles. The Bertz CT molecular complexity index is 1310. The lowest BCUT2D eigenvalue weighted by atomic mass is 9.50. The maximum absolute atomic E-state index is 12.6. The topological polar surface area (TPSA) is 101 Å². The van der Waals surface area contributed by atoms with Gasteiger partial charge in [0.25, 0.3) is 5.56 Å². The average molecular weight is 514 g/mol. The minimum Gasteiger partial charge on any atom is -0.309 e. The molecule has 3 heterocycles. The Morgan fingerprint density at radius 1 is 1.09 bits per heavy atom. The Balaban J connectivity index is 0.975. The van der Waals surface area contributed by atoms with E-state index in [1.807, 2.05) is 0 Å². The van der Waals surface area contributed by atoms with Gasteiger partial charge in [-0.3, -0.25) is 14.9 Å². The molecule has 0 spiro atoms. The summed E-state index contributed by atoms with van der Waals surface area (Å²) in [6, 6.07) is 0. The zero-order chi connectivity index (χ0) is 22.9. The molecular weight excluding hydrogens is 486 g/mol. The fourth-order valence-electron chi connectivity index (χ4n) is 7.37. The van der Waals surface area contributed by atoms with E-state index in [1.54, 1.807) is 22.7 Å². The summed E-state index contributed by atoms with van der Waals surface area (Å²) >= 11 is 4.67. The molecule has 4 saturated carbocycles. The van der Waals surface area contributed by atoms with Crippen LogP contribution < -0.4 is 10.9 Å². The van der Waals surface area contributed by atoms with Crippen LogP contribution in [0.2, 0.25) is 0 Å². The van der Waals surface area contributed by atoms with Gasteiger partial charge in [0.2, 0.25) is 11.0 Å². The van der Waals surface area contributed by atoms with Crippen LogP contribution in [0.4, 0.5) is 5.13 Å². The number of thiophene rings is 1. The van der Waals surface area contributed by atoms with Crippen LogP contribution >= 0.6 is 34.4 Å². The molecule has 10 heteroatoms. The van der Waals surface area contributed by atoms with Crippen LogP contribution in [0.1, 0.15) is 66.2 Å². The maximum Gasteiger partial charge on any atom is 0.259 e. The van der Waals surface area contributed by atoms with Crippen molar-refractivity contribution in [1.82, 2.24) is 20.2 Å². The molecule has 0 aliphatic heterocycles. The molecule has 0 saturated heterocycles. The van der Waals surface area contributed by atoms with Crippen LogP contribution in [0.5, 0.6) is 0 Å². The number of aryl methyl sites for hydroxylation is 2. The van der Waals surface area contributed by atoms with Gasteiger partial charge in [-0.1, -0.05) is 11.3 Å². The van der Waals surface area contributed by atoms with E-state index in [0.717, 1.165) is 52.2 Å². The van der Waals surface area contributed by atoms with E-state index in [0.29, 0.717) is 16.7 Å². The minimum atomic E-state index is -0.0864. The van der Waals surface area contributed by atoms with Crippen LogP contribution in [0.25, 0.3) is 10.2 Å². The lowest BCUT2D eigenvalue weighted by Crippen LogP contribution is -2.48. The Labute approximate surface area is 209 Å². The van der Waals surface area contributed by atoms with E-state index < -0.39 is 0 Å². The van der Waals surface area contributed by atoms with Crippen LogP contribution in [-0.4, -0.2) is 31.8 Å². The van der Waals surface area contributed by atoms with E-state index in [4.69, 9.17) is 0 Å². The standard InChI is InChI=1S/C24H27N5O2S3/c30-18(11-32-10-17-25-20(31)19-15-2-1-3-16(15)33-21(19)26-17)27-23-29-28-22(34-23)24-7-12-4-13(8-24)6-14(5-12)9-24/h12-14H,1-11H2,(H,25,26,31)(H,27,29,30). The number of nitrogens with one attached hydrogen (secondary N) is 2. The third kappa shape index (κ3) is 3.64. The lowest BCUT2D eigenvalue weighted by Gasteiger charge is -2.55. The molecule has 7 nitrogen and oxygen atoms in total. The molecule has 3 aromatic rings. The zero-order valence-corrected chi connectivity index (χ0v) is 21.3. The number of anilines is 1. The summed E-state index contributed by atoms with van der Waals surface area (Å²) in [7, 11) is 0. The Hall–Kier alpha value is -1.78. The van der Waals surface area contributed by atoms with Crippen molar-refractivity contribution in [3.8, 4) is 0 Å². The molecule has 4 fully saturated rings. The first-order chi connectivity index (χ1) is 16.5. The lowest BCUT2D eigenvalue weighted by molar-refractivity contribution is -0.113. The van der Waals surface area contributed by atoms with Crippen molar-refractivity contribution < 1.29 is 4.79 Å². The Morgan fingerprint density at radius 3 is 2.62 bits per heavy atom. The number of carbonyl (C=O) groups is 1. The van der Waals surface area contributed by atoms with Gasteiger partial charge < -0.3 is 4.98 Å². The monoisotopic (exact) mass is 513 g/mol. The number of carbonyl (C=O) groups excluding carboxylic acids is 1. The van der Waals surface area contributed by atoms with Gasteiger partial charge in [0, 0.05) is 10.3 Å². The number of aromatic amines is 1. The summed E-state index contributed by atoms with van der Waals surface area (Å²) in [6.45, 7) is 0.